The van der Waals surface area contributed by atoms with Crippen molar-refractivity contribution in [3.8, 4) is 17.2 Å². The maximum absolute atomic E-state index is 5.70. The van der Waals surface area contributed by atoms with Crippen LogP contribution in [-0.2, 0) is 6.54 Å². The van der Waals surface area contributed by atoms with Crippen LogP contribution >= 0.6 is 11.3 Å². The molecule has 25 heavy (non-hydrogen) atoms. The Morgan fingerprint density at radius 3 is 2.80 bits per heavy atom. The first-order valence-electron chi connectivity index (χ1n) is 8.62. The third-order valence-electron chi connectivity index (χ3n) is 4.71. The summed E-state index contributed by atoms with van der Waals surface area (Å²) in [5.74, 6) is 1.50. The molecular weight excluding hydrogens is 332 g/mol. The Kier molecular flexibility index (Phi) is 4.59. The van der Waals surface area contributed by atoms with Gasteiger partial charge in [-0.2, -0.15) is 0 Å². The Hall–Kier alpha value is -2.11. The molecule has 130 valence electrons. The molecule has 1 aliphatic rings. The van der Waals surface area contributed by atoms with Crippen LogP contribution in [0.5, 0.6) is 5.75 Å². The summed E-state index contributed by atoms with van der Waals surface area (Å²) in [5, 5.41) is 0. The van der Waals surface area contributed by atoms with Gasteiger partial charge in [-0.15, -0.1) is 11.3 Å². The van der Waals surface area contributed by atoms with E-state index in [1.807, 2.05) is 35.6 Å². The second-order valence-electron chi connectivity index (χ2n) is 6.45. The van der Waals surface area contributed by atoms with Gasteiger partial charge in [0.05, 0.1) is 12.8 Å². The number of nitrogens with zero attached hydrogens (tertiary/aromatic N) is 2. The molecule has 0 saturated carbocycles. The molecule has 3 heterocycles. The van der Waals surface area contributed by atoms with Crippen LogP contribution in [0.15, 0.2) is 47.1 Å². The van der Waals surface area contributed by atoms with E-state index in [0.717, 1.165) is 30.1 Å². The number of oxazole rings is 1. The minimum absolute atomic E-state index is 0.514. The molecule has 1 aromatic carbocycles. The summed E-state index contributed by atoms with van der Waals surface area (Å²) < 4.78 is 10.9. The molecule has 4 nitrogen and oxygen atoms in total. The van der Waals surface area contributed by atoms with E-state index < -0.39 is 0 Å². The molecule has 3 aromatic rings. The molecule has 0 radical (unpaired) electrons. The average Bonchev–Trinajstić information content (AvgIpc) is 3.36. The van der Waals surface area contributed by atoms with Crippen molar-refractivity contribution in [3.63, 3.8) is 0 Å². The van der Waals surface area contributed by atoms with Gasteiger partial charge in [-0.25, -0.2) is 4.98 Å². The van der Waals surface area contributed by atoms with Crippen molar-refractivity contribution in [2.24, 2.45) is 0 Å². The summed E-state index contributed by atoms with van der Waals surface area (Å²) in [7, 11) is 1.67. The molecule has 0 aliphatic carbocycles. The summed E-state index contributed by atoms with van der Waals surface area (Å²) in [6.07, 6.45) is 4.25. The Morgan fingerprint density at radius 2 is 2.08 bits per heavy atom. The summed E-state index contributed by atoms with van der Waals surface area (Å²) in [6.45, 7) is 4.12. The first-order chi connectivity index (χ1) is 12.2. The van der Waals surface area contributed by atoms with Crippen molar-refractivity contribution in [2.75, 3.05) is 13.7 Å². The number of thiophene rings is 1. The van der Waals surface area contributed by atoms with Gasteiger partial charge in [0.2, 0.25) is 5.89 Å². The van der Waals surface area contributed by atoms with Crippen LogP contribution in [-0.4, -0.2) is 23.5 Å². The van der Waals surface area contributed by atoms with Gasteiger partial charge >= 0.3 is 0 Å². The topological polar surface area (TPSA) is 38.5 Å². The quantitative estimate of drug-likeness (QED) is 0.642. The van der Waals surface area contributed by atoms with E-state index in [9.17, 15) is 0 Å². The molecular formula is C20H22N2O2S. The number of aryl methyl sites for hydroxylation is 1. The van der Waals surface area contributed by atoms with Gasteiger partial charge < -0.3 is 9.15 Å². The summed E-state index contributed by atoms with van der Waals surface area (Å²) in [4.78, 5) is 10.0. The zero-order valence-electron chi connectivity index (χ0n) is 14.6. The standard InChI is InChI=1S/C20H22N2O2S/c1-14-5-10-19(25-14)18-4-3-11-22(18)12-16-13-24-20(21-16)15-6-8-17(23-2)9-7-15/h5-10,13,18H,3-4,11-12H2,1-2H3. The smallest absolute Gasteiger partial charge is 0.226 e. The SMILES string of the molecule is COc1ccc(-c2nc(CN3CCCC3c3ccc(C)s3)co2)cc1. The summed E-state index contributed by atoms with van der Waals surface area (Å²) in [5.41, 5.74) is 1.96. The summed E-state index contributed by atoms with van der Waals surface area (Å²) >= 11 is 1.91. The average molecular weight is 354 g/mol. The molecule has 0 spiro atoms. The second kappa shape index (κ2) is 7.02. The normalized spacial score (nSPS) is 17.9. The van der Waals surface area contributed by atoms with E-state index in [2.05, 4.69) is 28.9 Å². The van der Waals surface area contributed by atoms with Gasteiger partial charge in [0.15, 0.2) is 0 Å². The lowest BCUT2D eigenvalue weighted by atomic mass is 10.2. The number of hydrogen-bond donors (Lipinski definition) is 0. The highest BCUT2D eigenvalue weighted by molar-refractivity contribution is 7.12. The van der Waals surface area contributed by atoms with Gasteiger partial charge in [0.25, 0.3) is 0 Å². The fraction of sp³-hybridized carbons (Fsp3) is 0.350. The molecule has 1 unspecified atom stereocenters. The Labute approximate surface area is 152 Å². The van der Waals surface area contributed by atoms with E-state index >= 15 is 0 Å². The number of rotatable bonds is 5. The van der Waals surface area contributed by atoms with E-state index in [4.69, 9.17) is 9.15 Å². The van der Waals surface area contributed by atoms with Crippen LogP contribution in [0.4, 0.5) is 0 Å². The number of benzene rings is 1. The predicted octanol–water partition coefficient (Wildman–Crippen LogP) is 5.06. The maximum atomic E-state index is 5.70. The second-order valence-corrected chi connectivity index (χ2v) is 7.77. The zero-order chi connectivity index (χ0) is 17.2. The third-order valence-corrected chi connectivity index (χ3v) is 5.81. The number of aromatic nitrogens is 1. The van der Waals surface area contributed by atoms with Crippen molar-refractivity contribution in [1.29, 1.82) is 0 Å². The number of methoxy groups -OCH3 is 1. The first-order valence-corrected chi connectivity index (χ1v) is 9.44. The highest BCUT2D eigenvalue weighted by Gasteiger charge is 2.27. The fourth-order valence-electron chi connectivity index (χ4n) is 3.42. The van der Waals surface area contributed by atoms with Crippen molar-refractivity contribution in [2.45, 2.75) is 32.4 Å². The molecule has 5 heteroatoms. The third kappa shape index (κ3) is 3.48. The molecule has 1 fully saturated rings. The first kappa shape index (κ1) is 16.4. The highest BCUT2D eigenvalue weighted by atomic mass is 32.1. The fourth-order valence-corrected chi connectivity index (χ4v) is 4.47. The van der Waals surface area contributed by atoms with Crippen molar-refractivity contribution in [1.82, 2.24) is 9.88 Å². The van der Waals surface area contributed by atoms with Crippen molar-refractivity contribution >= 4 is 11.3 Å². The zero-order valence-corrected chi connectivity index (χ0v) is 15.4. The lowest BCUT2D eigenvalue weighted by molar-refractivity contribution is 0.248. The molecule has 1 aliphatic heterocycles. The van der Waals surface area contributed by atoms with E-state index in [1.165, 1.54) is 22.6 Å². The maximum Gasteiger partial charge on any atom is 0.226 e. The van der Waals surface area contributed by atoms with E-state index in [1.54, 1.807) is 13.4 Å². The van der Waals surface area contributed by atoms with Crippen LogP contribution in [0.3, 0.4) is 0 Å². The van der Waals surface area contributed by atoms with Gasteiger partial charge in [-0.1, -0.05) is 0 Å². The van der Waals surface area contributed by atoms with Gasteiger partial charge in [-0.05, 0) is 62.7 Å². The minimum atomic E-state index is 0.514. The molecule has 0 amide bonds. The van der Waals surface area contributed by atoms with Gasteiger partial charge in [0, 0.05) is 27.9 Å². The number of likely N-dealkylation sites (tertiary alicyclic amines) is 1. The Bertz CT molecular complexity index is 838. The highest BCUT2D eigenvalue weighted by Crippen LogP contribution is 2.36. The predicted molar refractivity (Wildman–Crippen MR) is 99.9 cm³/mol. The number of hydrogen-bond acceptors (Lipinski definition) is 5. The van der Waals surface area contributed by atoms with Gasteiger partial charge in [-0.3, -0.25) is 4.90 Å². The van der Waals surface area contributed by atoms with Crippen LogP contribution < -0.4 is 4.74 Å². The van der Waals surface area contributed by atoms with Gasteiger partial charge in [0.1, 0.15) is 12.0 Å². The monoisotopic (exact) mass is 354 g/mol. The largest absolute Gasteiger partial charge is 0.497 e. The number of ether oxygens (including phenoxy) is 1. The Balaban J connectivity index is 1.48. The van der Waals surface area contributed by atoms with Crippen molar-refractivity contribution < 1.29 is 9.15 Å². The van der Waals surface area contributed by atoms with Crippen LogP contribution in [0.2, 0.25) is 0 Å². The van der Waals surface area contributed by atoms with E-state index in [0.29, 0.717) is 11.9 Å². The molecule has 2 aromatic heterocycles. The molecule has 0 bridgehead atoms. The van der Waals surface area contributed by atoms with Crippen LogP contribution in [0.1, 0.15) is 34.3 Å². The lowest BCUT2D eigenvalue weighted by Gasteiger charge is -2.22. The Morgan fingerprint density at radius 1 is 1.24 bits per heavy atom. The minimum Gasteiger partial charge on any atom is -0.497 e. The van der Waals surface area contributed by atoms with Crippen LogP contribution in [0.25, 0.3) is 11.5 Å². The van der Waals surface area contributed by atoms with E-state index in [-0.39, 0.29) is 0 Å². The molecule has 1 atom stereocenters. The van der Waals surface area contributed by atoms with Crippen molar-refractivity contribution in [3.05, 3.63) is 58.1 Å². The molecule has 1 saturated heterocycles. The molecule has 0 N–H and O–H groups in total. The van der Waals surface area contributed by atoms with Crippen LogP contribution in [0, 0.1) is 6.92 Å². The summed E-state index contributed by atoms with van der Waals surface area (Å²) in [6, 6.07) is 12.8. The molecule has 4 rings (SSSR count). The lowest BCUT2D eigenvalue weighted by Crippen LogP contribution is -2.22.